The van der Waals surface area contributed by atoms with E-state index in [2.05, 4.69) is 468 Å². The maximum absolute atomic E-state index is 2.56. The van der Waals surface area contributed by atoms with Gasteiger partial charge in [0.25, 0.3) is 0 Å². The average Bonchev–Trinajstić information content (AvgIpc) is 1.50. The fourth-order valence-electron chi connectivity index (χ4n) is 23.7. The molecule has 2 aliphatic heterocycles. The fourth-order valence-corrected chi connectivity index (χ4v) is 23.7. The summed E-state index contributed by atoms with van der Waals surface area (Å²) in [7, 11) is 0. The van der Waals surface area contributed by atoms with Gasteiger partial charge in [0.1, 0.15) is 0 Å². The van der Waals surface area contributed by atoms with E-state index in [-0.39, 0.29) is 0 Å². The first-order valence-corrected chi connectivity index (χ1v) is 43.9. The number of anilines is 6. The molecule has 0 radical (unpaired) electrons. The number of aromatic nitrogens is 2. The molecule has 4 aliphatic rings. The summed E-state index contributed by atoms with van der Waals surface area (Å²) >= 11 is 0. The highest BCUT2D eigenvalue weighted by atomic mass is 15.2. The highest BCUT2D eigenvalue weighted by Gasteiger charge is 2.53. The zero-order valence-electron chi connectivity index (χ0n) is 68.5. The number of nitrogens with zero attached hydrogens (tertiary/aromatic N) is 4. The van der Waals surface area contributed by atoms with Crippen LogP contribution in [0.25, 0.3) is 175 Å². The van der Waals surface area contributed by atoms with Crippen LogP contribution in [0.5, 0.6) is 0 Å². The molecule has 582 valence electrons. The van der Waals surface area contributed by atoms with Crippen LogP contribution in [0.15, 0.2) is 449 Å². The van der Waals surface area contributed by atoms with Gasteiger partial charge >= 0.3 is 0 Å². The number of para-hydroxylation sites is 5. The third-order valence-corrected chi connectivity index (χ3v) is 28.8. The van der Waals surface area contributed by atoms with Crippen molar-refractivity contribution < 1.29 is 0 Å². The molecule has 1 unspecified atom stereocenters. The van der Waals surface area contributed by atoms with Crippen LogP contribution in [-0.4, -0.2) is 9.13 Å². The largest absolute Gasteiger partial charge is 0.310 e. The molecule has 0 fully saturated rings. The van der Waals surface area contributed by atoms with Crippen molar-refractivity contribution in [1.82, 2.24) is 9.13 Å². The van der Waals surface area contributed by atoms with Crippen LogP contribution in [0.1, 0.15) is 44.5 Å². The van der Waals surface area contributed by atoms with Gasteiger partial charge in [0, 0.05) is 55.7 Å². The molecule has 0 N–H and O–H groups in total. The van der Waals surface area contributed by atoms with Crippen molar-refractivity contribution in [2.75, 3.05) is 9.80 Å². The molecule has 2 spiro atoms. The summed E-state index contributed by atoms with van der Waals surface area (Å²) in [6.07, 6.45) is 0. The summed E-state index contributed by atoms with van der Waals surface area (Å²) in [6.45, 7) is 0. The molecule has 24 aromatic rings. The van der Waals surface area contributed by atoms with Gasteiger partial charge < -0.3 is 18.9 Å². The van der Waals surface area contributed by atoms with E-state index in [0.717, 1.165) is 56.4 Å². The second-order valence-electron chi connectivity index (χ2n) is 34.8. The van der Waals surface area contributed by atoms with Crippen molar-refractivity contribution in [1.29, 1.82) is 0 Å². The van der Waals surface area contributed by atoms with E-state index in [9.17, 15) is 0 Å². The van der Waals surface area contributed by atoms with E-state index >= 15 is 0 Å². The summed E-state index contributed by atoms with van der Waals surface area (Å²) in [5.74, 6) is 0. The Morgan fingerprint density at radius 3 is 1.02 bits per heavy atom. The number of benzene rings is 22. The van der Waals surface area contributed by atoms with Gasteiger partial charge in [0.2, 0.25) is 0 Å². The lowest BCUT2D eigenvalue weighted by molar-refractivity contribution is 0.748. The van der Waals surface area contributed by atoms with Crippen LogP contribution in [-0.2, 0) is 10.8 Å². The van der Waals surface area contributed by atoms with Gasteiger partial charge in [-0.15, -0.1) is 0 Å². The minimum absolute atomic E-state index is 0.512. The van der Waals surface area contributed by atoms with Crippen LogP contribution < -0.4 is 9.80 Å². The summed E-state index contributed by atoms with van der Waals surface area (Å²) in [5.41, 5.74) is 35.1. The van der Waals surface area contributed by atoms with Crippen molar-refractivity contribution >= 4 is 142 Å². The zero-order valence-corrected chi connectivity index (χ0v) is 68.5. The average molecular weight is 1600 g/mol. The van der Waals surface area contributed by atoms with E-state index in [1.54, 1.807) is 0 Å². The lowest BCUT2D eigenvalue weighted by Gasteiger charge is -2.39. The van der Waals surface area contributed by atoms with E-state index in [1.165, 1.54) is 198 Å². The molecule has 126 heavy (non-hydrogen) atoms. The number of rotatable bonds is 9. The first-order valence-electron chi connectivity index (χ1n) is 43.9. The topological polar surface area (TPSA) is 16.3 Å². The van der Waals surface area contributed by atoms with Crippen molar-refractivity contribution in [3.05, 3.63) is 493 Å². The van der Waals surface area contributed by atoms with Crippen LogP contribution in [0, 0.1) is 0 Å². The summed E-state index contributed by atoms with van der Waals surface area (Å²) < 4.78 is 5.10. The molecule has 22 aromatic carbocycles. The molecule has 1 atom stereocenters. The predicted octanol–water partition coefficient (Wildman–Crippen LogP) is 32.1. The Bertz CT molecular complexity index is 8810. The second kappa shape index (κ2) is 26.1. The van der Waals surface area contributed by atoms with Gasteiger partial charge in [-0.2, -0.15) is 0 Å². The zero-order chi connectivity index (χ0) is 82.2. The highest BCUT2D eigenvalue weighted by molar-refractivity contribution is 6.28. The molecule has 2 aromatic heterocycles. The summed E-state index contributed by atoms with van der Waals surface area (Å²) in [6, 6.07) is 170. The molecule has 28 rings (SSSR count). The van der Waals surface area contributed by atoms with Crippen molar-refractivity contribution in [2.45, 2.75) is 10.8 Å². The summed E-state index contributed by atoms with van der Waals surface area (Å²) in [5, 5.41) is 19.8. The van der Waals surface area contributed by atoms with Crippen molar-refractivity contribution in [2.24, 2.45) is 0 Å². The van der Waals surface area contributed by atoms with Crippen LogP contribution in [0.3, 0.4) is 0 Å². The summed E-state index contributed by atoms with van der Waals surface area (Å²) in [4.78, 5) is 4.99. The normalized spacial score (nSPS) is 14.1. The quantitative estimate of drug-likeness (QED) is 0.134. The van der Waals surface area contributed by atoms with Gasteiger partial charge in [-0.25, -0.2) is 0 Å². The van der Waals surface area contributed by atoms with E-state index < -0.39 is 10.8 Å². The predicted molar refractivity (Wildman–Crippen MR) is 528 cm³/mol. The molecule has 4 heteroatoms. The molecule has 0 bridgehead atoms. The molecule has 0 saturated heterocycles. The molecule has 4 heterocycles. The molecule has 2 aliphatic carbocycles. The Kier molecular flexibility index (Phi) is 14.3. The molecular weight excluding hydrogens is 1520 g/mol. The third-order valence-electron chi connectivity index (χ3n) is 28.8. The Balaban J connectivity index is 0.609. The van der Waals surface area contributed by atoms with Crippen LogP contribution >= 0.6 is 0 Å². The number of hydrogen-bond donors (Lipinski definition) is 0. The Hall–Kier alpha value is -16.4. The minimum atomic E-state index is -0.596. The maximum Gasteiger partial charge on any atom is 0.0754 e. The Labute approximate surface area is 727 Å². The molecular formula is C122H74N4. The van der Waals surface area contributed by atoms with Crippen LogP contribution in [0.4, 0.5) is 34.1 Å². The van der Waals surface area contributed by atoms with Gasteiger partial charge in [-0.3, -0.25) is 0 Å². The first-order chi connectivity index (χ1) is 62.5. The van der Waals surface area contributed by atoms with Crippen molar-refractivity contribution in [3.63, 3.8) is 0 Å². The standard InChI is InChI=1S/C122H74N4/c1-2-26-75(27-3-1)77-28-22-31-83(68-77)124(86-62-67-116-106(74-86)101-43-25-50-114-120(101)126(116)118-53-21-17-47-111(118)121(114)107-44-14-10-38-96(107)97-39-11-15-45-108(97)121)84-60-65-94-90-35-7-9-37-92(90)103-71-80(57-64-95(103)104(94)72-84)78-29-23-30-82(69-78)123(81-58-54-76(55-59-81)79-56-63-93-89-34-5-4-32-87(89)88-33-6-8-36-91(88)102(93)70-79)85-61-66-110-105(73-85)98-40-12-16-46-109(98)122(110)112-48-18-20-52-117(112)125-115-51-19-13-41-99(115)100-42-24-49-113(122)119(100)125/h1-74H. The first kappa shape index (κ1) is 69.3. The van der Waals surface area contributed by atoms with Gasteiger partial charge in [-0.1, -0.05) is 340 Å². The molecule has 4 nitrogen and oxygen atoms in total. The van der Waals surface area contributed by atoms with Crippen molar-refractivity contribution in [3.8, 4) is 67.0 Å². The SMILES string of the molecule is c1ccc(-c2cccc(N(c3ccc4c5ccccc5c5cc(-c6cccc(N(c7ccc(-c8ccc9c%10ccccc%10c%10ccccc%10c9c8)cc7)c7ccc8c(c7)-c7ccccc7C87c8ccccc8-n8c9ccccc9c9cccc7c98)c6)ccc5c4c3)c3ccc4c(c3)c3cccc5c3n4-c3ccccc3C53c4ccccc4-c4ccccc43)c2)cc1. The maximum atomic E-state index is 2.56. The lowest BCUT2D eigenvalue weighted by Crippen LogP contribution is -2.33. The number of fused-ring (bicyclic) bond motifs is 36. The van der Waals surface area contributed by atoms with E-state index in [0.29, 0.717) is 0 Å². The smallest absolute Gasteiger partial charge is 0.0754 e. The van der Waals surface area contributed by atoms with Gasteiger partial charge in [-0.05, 0) is 274 Å². The second-order valence-corrected chi connectivity index (χ2v) is 34.8. The number of hydrogen-bond acceptors (Lipinski definition) is 2. The Morgan fingerprint density at radius 1 is 0.151 bits per heavy atom. The van der Waals surface area contributed by atoms with Gasteiger partial charge in [0.05, 0.1) is 44.3 Å². The fraction of sp³-hybridized carbons (Fsp3) is 0.0164. The molecule has 0 amide bonds. The minimum Gasteiger partial charge on any atom is -0.310 e. The lowest BCUT2D eigenvalue weighted by atomic mass is 9.65. The highest BCUT2D eigenvalue weighted by Crippen LogP contribution is 2.64. The monoisotopic (exact) mass is 1590 g/mol. The van der Waals surface area contributed by atoms with Gasteiger partial charge in [0.15, 0.2) is 0 Å². The Morgan fingerprint density at radius 2 is 0.460 bits per heavy atom. The molecule has 0 saturated carbocycles. The van der Waals surface area contributed by atoms with E-state index in [4.69, 9.17) is 0 Å². The third kappa shape index (κ3) is 9.35. The van der Waals surface area contributed by atoms with E-state index in [1.807, 2.05) is 0 Å². The van der Waals surface area contributed by atoms with Crippen LogP contribution in [0.2, 0.25) is 0 Å².